The molecule has 2 rings (SSSR count). The van der Waals surface area contributed by atoms with Gasteiger partial charge in [-0.2, -0.15) is 0 Å². The van der Waals surface area contributed by atoms with Crippen LogP contribution in [0.3, 0.4) is 0 Å². The zero-order valence-electron chi connectivity index (χ0n) is 12.2. The molecule has 20 heavy (non-hydrogen) atoms. The van der Waals surface area contributed by atoms with Crippen LogP contribution in [0.5, 0.6) is 0 Å². The molecule has 0 amide bonds. The molecular formula is C16H23BrN2S. The molecule has 0 bridgehead atoms. The first-order valence-corrected chi connectivity index (χ1v) is 8.55. The van der Waals surface area contributed by atoms with Gasteiger partial charge in [0.15, 0.2) is 0 Å². The van der Waals surface area contributed by atoms with Gasteiger partial charge in [0.25, 0.3) is 0 Å². The molecule has 0 aliphatic heterocycles. The van der Waals surface area contributed by atoms with E-state index in [1.165, 1.54) is 31.4 Å². The van der Waals surface area contributed by atoms with Crippen LogP contribution in [0.1, 0.15) is 45.1 Å². The summed E-state index contributed by atoms with van der Waals surface area (Å²) in [5, 5.41) is 0. The Morgan fingerprint density at radius 3 is 2.55 bits per heavy atom. The van der Waals surface area contributed by atoms with Gasteiger partial charge in [0, 0.05) is 22.6 Å². The minimum absolute atomic E-state index is 0.452. The SMILES string of the molecule is CC(C)CN(c1ccc(C(N)=S)cc1Br)C1CCCC1. The summed E-state index contributed by atoms with van der Waals surface area (Å²) in [6.45, 7) is 5.65. The summed E-state index contributed by atoms with van der Waals surface area (Å²) in [4.78, 5) is 3.01. The summed E-state index contributed by atoms with van der Waals surface area (Å²) in [6.07, 6.45) is 5.30. The number of nitrogens with zero attached hydrogens (tertiary/aromatic N) is 1. The van der Waals surface area contributed by atoms with E-state index >= 15 is 0 Å². The molecule has 0 radical (unpaired) electrons. The summed E-state index contributed by atoms with van der Waals surface area (Å²) >= 11 is 8.75. The van der Waals surface area contributed by atoms with Crippen molar-refractivity contribution < 1.29 is 0 Å². The van der Waals surface area contributed by atoms with Gasteiger partial charge in [-0.1, -0.05) is 38.9 Å². The third kappa shape index (κ3) is 3.73. The van der Waals surface area contributed by atoms with Crippen LogP contribution in [0.2, 0.25) is 0 Å². The van der Waals surface area contributed by atoms with E-state index in [2.05, 4.69) is 40.7 Å². The fraction of sp³-hybridized carbons (Fsp3) is 0.562. The van der Waals surface area contributed by atoms with Crippen molar-refractivity contribution in [3.8, 4) is 0 Å². The van der Waals surface area contributed by atoms with Crippen molar-refractivity contribution in [2.24, 2.45) is 11.7 Å². The molecule has 0 spiro atoms. The number of halogens is 1. The summed E-state index contributed by atoms with van der Waals surface area (Å²) in [6, 6.07) is 6.90. The van der Waals surface area contributed by atoms with E-state index < -0.39 is 0 Å². The molecule has 1 fully saturated rings. The van der Waals surface area contributed by atoms with Gasteiger partial charge >= 0.3 is 0 Å². The zero-order chi connectivity index (χ0) is 14.7. The lowest BCUT2D eigenvalue weighted by Gasteiger charge is -2.33. The van der Waals surface area contributed by atoms with Crippen molar-refractivity contribution in [1.82, 2.24) is 0 Å². The molecule has 1 aromatic carbocycles. The average molecular weight is 355 g/mol. The van der Waals surface area contributed by atoms with E-state index in [-0.39, 0.29) is 0 Å². The van der Waals surface area contributed by atoms with Crippen molar-refractivity contribution in [2.45, 2.75) is 45.6 Å². The Kier molecular flexibility index (Phi) is 5.44. The second kappa shape index (κ2) is 6.90. The maximum Gasteiger partial charge on any atom is 0.104 e. The summed E-state index contributed by atoms with van der Waals surface area (Å²) in [7, 11) is 0. The monoisotopic (exact) mass is 354 g/mol. The van der Waals surface area contributed by atoms with Crippen molar-refractivity contribution in [1.29, 1.82) is 0 Å². The van der Waals surface area contributed by atoms with Crippen molar-refractivity contribution >= 4 is 38.8 Å². The molecule has 0 saturated heterocycles. The number of rotatable bonds is 5. The van der Waals surface area contributed by atoms with Crippen molar-refractivity contribution in [3.05, 3.63) is 28.2 Å². The molecule has 0 aromatic heterocycles. The third-order valence-electron chi connectivity index (χ3n) is 3.87. The minimum atomic E-state index is 0.452. The van der Waals surface area contributed by atoms with Crippen molar-refractivity contribution in [3.63, 3.8) is 0 Å². The molecule has 0 heterocycles. The predicted molar refractivity (Wildman–Crippen MR) is 94.5 cm³/mol. The van der Waals surface area contributed by atoms with Gasteiger partial charge < -0.3 is 10.6 Å². The Hall–Kier alpha value is -0.610. The van der Waals surface area contributed by atoms with E-state index in [1.807, 2.05) is 12.1 Å². The van der Waals surface area contributed by atoms with Gasteiger partial charge in [0.2, 0.25) is 0 Å². The van der Waals surface area contributed by atoms with Gasteiger partial charge in [-0.25, -0.2) is 0 Å². The van der Waals surface area contributed by atoms with Gasteiger partial charge in [0.05, 0.1) is 5.69 Å². The molecule has 1 saturated carbocycles. The molecule has 0 atom stereocenters. The third-order valence-corrected chi connectivity index (χ3v) is 4.74. The first-order valence-electron chi connectivity index (χ1n) is 7.35. The lowest BCUT2D eigenvalue weighted by Crippen LogP contribution is -2.36. The van der Waals surface area contributed by atoms with Gasteiger partial charge in [-0.05, 0) is 52.9 Å². The smallest absolute Gasteiger partial charge is 0.104 e. The number of hydrogen-bond acceptors (Lipinski definition) is 2. The van der Waals surface area contributed by atoms with Crippen LogP contribution in [0, 0.1) is 5.92 Å². The lowest BCUT2D eigenvalue weighted by atomic mass is 10.1. The van der Waals surface area contributed by atoms with E-state index in [4.69, 9.17) is 18.0 Å². The Morgan fingerprint density at radius 1 is 1.40 bits per heavy atom. The number of nitrogens with two attached hydrogens (primary N) is 1. The molecule has 1 aliphatic carbocycles. The molecule has 1 aliphatic rings. The second-order valence-corrected chi connectivity index (χ2v) is 7.31. The molecule has 4 heteroatoms. The summed E-state index contributed by atoms with van der Waals surface area (Å²) < 4.78 is 1.09. The van der Waals surface area contributed by atoms with Gasteiger partial charge in [-0.3, -0.25) is 0 Å². The Labute approximate surface area is 135 Å². The normalized spacial score (nSPS) is 15.8. The maximum atomic E-state index is 5.71. The highest BCUT2D eigenvalue weighted by molar-refractivity contribution is 9.10. The minimum Gasteiger partial charge on any atom is -0.389 e. The number of anilines is 1. The Balaban J connectivity index is 2.30. The quantitative estimate of drug-likeness (QED) is 0.789. The van der Waals surface area contributed by atoms with Crippen LogP contribution in [0.25, 0.3) is 0 Å². The lowest BCUT2D eigenvalue weighted by molar-refractivity contribution is 0.535. The van der Waals surface area contributed by atoms with Crippen LogP contribution in [0.15, 0.2) is 22.7 Å². The second-order valence-electron chi connectivity index (χ2n) is 6.01. The summed E-state index contributed by atoms with van der Waals surface area (Å²) in [5.41, 5.74) is 7.90. The van der Waals surface area contributed by atoms with Crippen LogP contribution in [0.4, 0.5) is 5.69 Å². The first kappa shape index (κ1) is 15.8. The highest BCUT2D eigenvalue weighted by atomic mass is 79.9. The molecule has 1 aromatic rings. The number of hydrogen-bond donors (Lipinski definition) is 1. The maximum absolute atomic E-state index is 5.71. The summed E-state index contributed by atoms with van der Waals surface area (Å²) in [5.74, 6) is 0.651. The van der Waals surface area contributed by atoms with E-state index in [0.717, 1.165) is 16.6 Å². The highest BCUT2D eigenvalue weighted by Crippen LogP contribution is 2.34. The van der Waals surface area contributed by atoms with E-state index in [1.54, 1.807) is 0 Å². The standard InChI is InChI=1S/C16H23BrN2S/c1-11(2)10-19(13-5-3-4-6-13)15-8-7-12(16(18)20)9-14(15)17/h7-9,11,13H,3-6,10H2,1-2H3,(H2,18,20). The Bertz CT molecular complexity index is 481. The van der Waals surface area contributed by atoms with Gasteiger partial charge in [0.1, 0.15) is 4.99 Å². The topological polar surface area (TPSA) is 29.3 Å². The fourth-order valence-corrected chi connectivity index (χ4v) is 3.68. The van der Waals surface area contributed by atoms with E-state index in [9.17, 15) is 0 Å². The van der Waals surface area contributed by atoms with E-state index in [0.29, 0.717) is 16.9 Å². The fourth-order valence-electron chi connectivity index (χ4n) is 2.95. The van der Waals surface area contributed by atoms with Crippen LogP contribution < -0.4 is 10.6 Å². The van der Waals surface area contributed by atoms with Crippen LogP contribution in [-0.2, 0) is 0 Å². The van der Waals surface area contributed by atoms with Crippen molar-refractivity contribution in [2.75, 3.05) is 11.4 Å². The van der Waals surface area contributed by atoms with Crippen LogP contribution >= 0.6 is 28.1 Å². The largest absolute Gasteiger partial charge is 0.389 e. The molecular weight excluding hydrogens is 332 g/mol. The number of thiocarbonyl (C=S) groups is 1. The predicted octanol–water partition coefficient (Wildman–Crippen LogP) is 4.49. The Morgan fingerprint density at radius 2 is 2.05 bits per heavy atom. The zero-order valence-corrected chi connectivity index (χ0v) is 14.6. The average Bonchev–Trinajstić information content (AvgIpc) is 2.89. The number of benzene rings is 1. The molecule has 2 N–H and O–H groups in total. The molecule has 2 nitrogen and oxygen atoms in total. The molecule has 110 valence electrons. The first-order chi connectivity index (χ1) is 9.49. The molecule has 0 unspecified atom stereocenters. The van der Waals surface area contributed by atoms with Gasteiger partial charge in [-0.15, -0.1) is 0 Å². The highest BCUT2D eigenvalue weighted by Gasteiger charge is 2.24. The van der Waals surface area contributed by atoms with Crippen LogP contribution in [-0.4, -0.2) is 17.6 Å².